The molecule has 160 valence electrons. The molecule has 1 aliphatic carbocycles. The van der Waals surface area contributed by atoms with Gasteiger partial charge in [-0.1, -0.05) is 36.8 Å². The SMILES string of the molecule is O=C(CCc1ccccc1)Nc1cc(-c2ccco2)nn1C1NC(=O)C2CCCC2N1. The minimum atomic E-state index is -0.528. The van der Waals surface area contributed by atoms with Gasteiger partial charge in [-0.2, -0.15) is 5.10 Å². The van der Waals surface area contributed by atoms with Gasteiger partial charge < -0.3 is 15.1 Å². The number of rotatable bonds is 6. The smallest absolute Gasteiger partial charge is 0.227 e. The molecule has 8 heteroatoms. The lowest BCUT2D eigenvalue weighted by atomic mass is 10.0. The van der Waals surface area contributed by atoms with Crippen LogP contribution >= 0.6 is 0 Å². The Kier molecular flexibility index (Phi) is 5.30. The maximum Gasteiger partial charge on any atom is 0.227 e. The van der Waals surface area contributed by atoms with Crippen molar-refractivity contribution >= 4 is 17.6 Å². The molecule has 2 aliphatic rings. The van der Waals surface area contributed by atoms with Crippen molar-refractivity contribution in [3.8, 4) is 11.5 Å². The summed E-state index contributed by atoms with van der Waals surface area (Å²) >= 11 is 0. The van der Waals surface area contributed by atoms with E-state index >= 15 is 0 Å². The third kappa shape index (κ3) is 4.11. The average Bonchev–Trinajstić information content (AvgIpc) is 3.53. The summed E-state index contributed by atoms with van der Waals surface area (Å²) in [5, 5.41) is 14.1. The number of aryl methyl sites for hydroxylation is 1. The van der Waals surface area contributed by atoms with E-state index in [4.69, 9.17) is 4.42 Å². The van der Waals surface area contributed by atoms with E-state index in [1.54, 1.807) is 23.1 Å². The molecule has 8 nitrogen and oxygen atoms in total. The van der Waals surface area contributed by atoms with E-state index in [0.29, 0.717) is 30.1 Å². The fourth-order valence-corrected chi connectivity index (χ4v) is 4.43. The Bertz CT molecular complexity index is 1060. The lowest BCUT2D eigenvalue weighted by Crippen LogP contribution is -2.57. The number of amides is 2. The second-order valence-corrected chi connectivity index (χ2v) is 8.09. The summed E-state index contributed by atoms with van der Waals surface area (Å²) in [5.41, 5.74) is 1.70. The number of carbonyl (C=O) groups is 2. The fourth-order valence-electron chi connectivity index (χ4n) is 4.43. The summed E-state index contributed by atoms with van der Waals surface area (Å²) in [7, 11) is 0. The van der Waals surface area contributed by atoms with Gasteiger partial charge >= 0.3 is 0 Å². The van der Waals surface area contributed by atoms with E-state index in [1.807, 2.05) is 36.4 Å². The normalized spacial score (nSPS) is 22.7. The minimum absolute atomic E-state index is 0.000250. The first-order valence-corrected chi connectivity index (χ1v) is 10.7. The van der Waals surface area contributed by atoms with Crippen molar-refractivity contribution in [1.29, 1.82) is 0 Å². The van der Waals surface area contributed by atoms with Gasteiger partial charge in [-0.05, 0) is 37.0 Å². The molecule has 0 bridgehead atoms. The van der Waals surface area contributed by atoms with Crippen LogP contribution in [0, 0.1) is 5.92 Å². The fraction of sp³-hybridized carbons (Fsp3) is 0.348. The van der Waals surface area contributed by atoms with Gasteiger partial charge in [0.25, 0.3) is 0 Å². The molecule has 3 aromatic rings. The third-order valence-electron chi connectivity index (χ3n) is 6.01. The lowest BCUT2D eigenvalue weighted by Gasteiger charge is -2.34. The van der Waals surface area contributed by atoms with Crippen LogP contribution in [-0.2, 0) is 16.0 Å². The molecule has 1 saturated heterocycles. The van der Waals surface area contributed by atoms with E-state index in [2.05, 4.69) is 21.0 Å². The molecule has 3 N–H and O–H groups in total. The van der Waals surface area contributed by atoms with Crippen molar-refractivity contribution in [2.75, 3.05) is 5.32 Å². The molecule has 2 fully saturated rings. The van der Waals surface area contributed by atoms with Gasteiger partial charge in [-0.15, -0.1) is 0 Å². The predicted molar refractivity (Wildman–Crippen MR) is 115 cm³/mol. The van der Waals surface area contributed by atoms with Crippen molar-refractivity contribution in [2.24, 2.45) is 5.92 Å². The predicted octanol–water partition coefficient (Wildman–Crippen LogP) is 3.06. The summed E-state index contributed by atoms with van der Waals surface area (Å²) in [6.07, 6.45) is 4.93. The Morgan fingerprint density at radius 1 is 1.19 bits per heavy atom. The highest BCUT2D eigenvalue weighted by atomic mass is 16.3. The Labute approximate surface area is 180 Å². The van der Waals surface area contributed by atoms with Crippen LogP contribution in [0.25, 0.3) is 11.5 Å². The molecule has 0 spiro atoms. The quantitative estimate of drug-likeness (QED) is 0.570. The zero-order valence-electron chi connectivity index (χ0n) is 17.1. The number of aromatic nitrogens is 2. The zero-order chi connectivity index (χ0) is 21.2. The number of nitrogens with zero attached hydrogens (tertiary/aromatic N) is 2. The number of fused-ring (bicyclic) bond motifs is 1. The molecule has 2 amide bonds. The molecule has 3 unspecified atom stereocenters. The van der Waals surface area contributed by atoms with E-state index in [-0.39, 0.29) is 23.8 Å². The molecule has 3 atom stereocenters. The number of hydrogen-bond donors (Lipinski definition) is 3. The summed E-state index contributed by atoms with van der Waals surface area (Å²) in [6.45, 7) is 0. The van der Waals surface area contributed by atoms with Crippen LogP contribution in [0.2, 0.25) is 0 Å². The van der Waals surface area contributed by atoms with Crippen molar-refractivity contribution in [1.82, 2.24) is 20.4 Å². The van der Waals surface area contributed by atoms with Gasteiger partial charge in [0.2, 0.25) is 11.8 Å². The maximum atomic E-state index is 12.7. The van der Waals surface area contributed by atoms with Crippen molar-refractivity contribution in [2.45, 2.75) is 44.4 Å². The van der Waals surface area contributed by atoms with Gasteiger partial charge in [0.1, 0.15) is 11.5 Å². The zero-order valence-corrected chi connectivity index (χ0v) is 17.1. The highest BCUT2D eigenvalue weighted by Crippen LogP contribution is 2.32. The van der Waals surface area contributed by atoms with Crippen LogP contribution in [-0.4, -0.2) is 27.6 Å². The first kappa shape index (κ1) is 19.6. The standard InChI is InChI=1S/C23H25N5O3/c29-21(12-11-15-6-2-1-3-7-15)25-20-14-18(19-10-5-13-31-19)27-28(20)23-24-17-9-4-8-16(17)22(30)26-23/h1-3,5-7,10,13-14,16-17,23-24H,4,8-9,11-12H2,(H,25,29)(H,26,30). The number of furan rings is 1. The molecule has 31 heavy (non-hydrogen) atoms. The van der Waals surface area contributed by atoms with Crippen molar-refractivity contribution < 1.29 is 14.0 Å². The first-order chi connectivity index (χ1) is 15.2. The van der Waals surface area contributed by atoms with Gasteiger partial charge in [0.15, 0.2) is 12.0 Å². The molecule has 2 aromatic heterocycles. The van der Waals surface area contributed by atoms with Crippen LogP contribution in [0.1, 0.15) is 37.5 Å². The lowest BCUT2D eigenvalue weighted by molar-refractivity contribution is -0.130. The van der Waals surface area contributed by atoms with Crippen LogP contribution in [0.15, 0.2) is 59.2 Å². The molecule has 0 radical (unpaired) electrons. The van der Waals surface area contributed by atoms with Crippen LogP contribution in [0.3, 0.4) is 0 Å². The number of carbonyl (C=O) groups excluding carboxylic acids is 2. The van der Waals surface area contributed by atoms with Crippen molar-refractivity contribution in [3.63, 3.8) is 0 Å². The highest BCUT2D eigenvalue weighted by molar-refractivity contribution is 5.90. The molecule has 1 saturated carbocycles. The third-order valence-corrected chi connectivity index (χ3v) is 6.01. The second-order valence-electron chi connectivity index (χ2n) is 8.09. The summed E-state index contributed by atoms with van der Waals surface area (Å²) in [6, 6.07) is 15.4. The van der Waals surface area contributed by atoms with Crippen LogP contribution < -0.4 is 16.0 Å². The molecular formula is C23H25N5O3. The van der Waals surface area contributed by atoms with Gasteiger partial charge in [-0.25, -0.2) is 4.68 Å². The van der Waals surface area contributed by atoms with E-state index < -0.39 is 6.29 Å². The summed E-state index contributed by atoms with van der Waals surface area (Å²) in [5.74, 6) is 1.03. The Hall–Kier alpha value is -3.39. The minimum Gasteiger partial charge on any atom is -0.463 e. The van der Waals surface area contributed by atoms with E-state index in [0.717, 1.165) is 24.8 Å². The van der Waals surface area contributed by atoms with Gasteiger partial charge in [0, 0.05) is 18.5 Å². The van der Waals surface area contributed by atoms with Crippen LogP contribution in [0.5, 0.6) is 0 Å². The first-order valence-electron chi connectivity index (χ1n) is 10.7. The monoisotopic (exact) mass is 419 g/mol. The van der Waals surface area contributed by atoms with Crippen molar-refractivity contribution in [3.05, 3.63) is 60.4 Å². The van der Waals surface area contributed by atoms with Gasteiger partial charge in [-0.3, -0.25) is 14.9 Å². The summed E-state index contributed by atoms with van der Waals surface area (Å²) in [4.78, 5) is 25.3. The number of nitrogens with one attached hydrogen (secondary N) is 3. The van der Waals surface area contributed by atoms with E-state index in [9.17, 15) is 9.59 Å². The summed E-state index contributed by atoms with van der Waals surface area (Å²) < 4.78 is 7.11. The molecule has 3 heterocycles. The van der Waals surface area contributed by atoms with E-state index in [1.165, 1.54) is 0 Å². The number of anilines is 1. The molecular weight excluding hydrogens is 394 g/mol. The number of hydrogen-bond acceptors (Lipinski definition) is 5. The van der Waals surface area contributed by atoms with Gasteiger partial charge in [0.05, 0.1) is 12.2 Å². The molecule has 1 aliphatic heterocycles. The maximum absolute atomic E-state index is 12.7. The second kappa shape index (κ2) is 8.39. The largest absolute Gasteiger partial charge is 0.463 e. The Morgan fingerprint density at radius 2 is 2.06 bits per heavy atom. The Balaban J connectivity index is 1.36. The molecule has 5 rings (SSSR count). The average molecular weight is 419 g/mol. The van der Waals surface area contributed by atoms with Crippen LogP contribution in [0.4, 0.5) is 5.82 Å². The molecule has 1 aromatic carbocycles. The number of benzene rings is 1. The topological polar surface area (TPSA) is 101 Å². The highest BCUT2D eigenvalue weighted by Gasteiger charge is 2.40. The Morgan fingerprint density at radius 3 is 2.87 bits per heavy atom.